The number of aromatic nitrogens is 1. The molecule has 4 rings (SSSR count). The third kappa shape index (κ3) is 3.76. The van der Waals surface area contributed by atoms with E-state index in [1.807, 2.05) is 13.0 Å². The monoisotopic (exact) mass is 407 g/mol. The number of benzene rings is 1. The molecule has 0 spiro atoms. The number of carbonyl (C=O) groups excluding carboxylic acids is 1. The average Bonchev–Trinajstić information content (AvgIpc) is 3.17. The van der Waals surface area contributed by atoms with E-state index in [-0.39, 0.29) is 5.91 Å². The summed E-state index contributed by atoms with van der Waals surface area (Å²) >= 11 is 5.26. The van der Waals surface area contributed by atoms with Crippen molar-refractivity contribution in [3.8, 4) is 5.69 Å². The molecule has 5 heteroatoms. The summed E-state index contributed by atoms with van der Waals surface area (Å²) in [6, 6.07) is 11.2. The number of amides is 1. The number of thiocarbonyl (C=S) groups is 1. The molecule has 4 nitrogen and oxygen atoms in total. The van der Waals surface area contributed by atoms with Gasteiger partial charge >= 0.3 is 0 Å². The second kappa shape index (κ2) is 8.15. The molecule has 1 saturated heterocycles. The summed E-state index contributed by atoms with van der Waals surface area (Å²) in [7, 11) is 0. The molecule has 1 aromatic heterocycles. The van der Waals surface area contributed by atoms with Crippen molar-refractivity contribution < 1.29 is 4.79 Å². The topological polar surface area (TPSA) is 37.3 Å². The van der Waals surface area contributed by atoms with Crippen molar-refractivity contribution in [2.45, 2.75) is 58.8 Å². The Labute approximate surface area is 178 Å². The largest absolute Gasteiger partial charge is 0.328 e. The number of hydrogen-bond donors (Lipinski definition) is 1. The number of nitrogens with one attached hydrogen (secondary N) is 1. The summed E-state index contributed by atoms with van der Waals surface area (Å²) < 4.78 is 2.26. The van der Waals surface area contributed by atoms with E-state index in [2.05, 4.69) is 54.1 Å². The summed E-state index contributed by atoms with van der Waals surface area (Å²) in [6.45, 7) is 6.72. The fourth-order valence-corrected chi connectivity index (χ4v) is 5.00. The number of rotatable bonds is 4. The van der Waals surface area contributed by atoms with Crippen molar-refractivity contribution in [2.75, 3.05) is 6.54 Å². The zero-order valence-electron chi connectivity index (χ0n) is 17.5. The predicted molar refractivity (Wildman–Crippen MR) is 122 cm³/mol. The van der Waals surface area contributed by atoms with E-state index in [0.29, 0.717) is 17.4 Å². The van der Waals surface area contributed by atoms with E-state index in [0.717, 1.165) is 22.9 Å². The van der Waals surface area contributed by atoms with Crippen LogP contribution in [0.4, 0.5) is 0 Å². The zero-order chi connectivity index (χ0) is 20.5. The standard InChI is InChI=1S/C24H29N3OS/c1-4-26-23(28)22(25-24(26)29)15-20-14-16(2)27(17(20)3)21-12-10-19(11-13-21)18-8-6-5-7-9-18/h10-15,18H,4-9H2,1-3H3,(H,25,29)/b22-15-. The van der Waals surface area contributed by atoms with Crippen molar-refractivity contribution in [3.63, 3.8) is 0 Å². The van der Waals surface area contributed by atoms with E-state index >= 15 is 0 Å². The van der Waals surface area contributed by atoms with Crippen LogP contribution in [0.15, 0.2) is 36.0 Å². The lowest BCUT2D eigenvalue weighted by molar-refractivity contribution is -0.122. The maximum Gasteiger partial charge on any atom is 0.276 e. The van der Waals surface area contributed by atoms with Gasteiger partial charge < -0.3 is 9.88 Å². The lowest BCUT2D eigenvalue weighted by Crippen LogP contribution is -2.30. The van der Waals surface area contributed by atoms with Crippen LogP contribution in [0.5, 0.6) is 0 Å². The van der Waals surface area contributed by atoms with Crippen molar-refractivity contribution in [1.82, 2.24) is 14.8 Å². The van der Waals surface area contributed by atoms with Crippen LogP contribution in [0.1, 0.15) is 67.5 Å². The van der Waals surface area contributed by atoms with Gasteiger partial charge in [0.1, 0.15) is 5.70 Å². The van der Waals surface area contributed by atoms with Crippen LogP contribution in [-0.2, 0) is 4.79 Å². The van der Waals surface area contributed by atoms with Gasteiger partial charge in [-0.05, 0) is 87.2 Å². The third-order valence-corrected chi connectivity index (χ3v) is 6.60. The van der Waals surface area contributed by atoms with Gasteiger partial charge in [0.15, 0.2) is 5.11 Å². The van der Waals surface area contributed by atoms with E-state index in [1.165, 1.54) is 43.4 Å². The molecule has 0 unspecified atom stereocenters. The highest BCUT2D eigenvalue weighted by Gasteiger charge is 2.29. The molecule has 2 aromatic rings. The van der Waals surface area contributed by atoms with Gasteiger partial charge in [0.2, 0.25) is 0 Å². The smallest absolute Gasteiger partial charge is 0.276 e. The molecule has 0 radical (unpaired) electrons. The van der Waals surface area contributed by atoms with Gasteiger partial charge in [-0.3, -0.25) is 9.69 Å². The number of aryl methyl sites for hydroxylation is 1. The number of likely N-dealkylation sites (N-methyl/N-ethyl adjacent to an activating group) is 1. The van der Waals surface area contributed by atoms with E-state index in [9.17, 15) is 4.79 Å². The Balaban J connectivity index is 1.62. The van der Waals surface area contributed by atoms with E-state index in [4.69, 9.17) is 12.2 Å². The third-order valence-electron chi connectivity index (χ3n) is 6.28. The first-order valence-electron chi connectivity index (χ1n) is 10.6. The first-order valence-corrected chi connectivity index (χ1v) is 11.0. The van der Waals surface area contributed by atoms with Crippen molar-refractivity contribution in [3.05, 3.63) is 58.5 Å². The molecule has 0 atom stereocenters. The molecule has 2 fully saturated rings. The van der Waals surface area contributed by atoms with Gasteiger partial charge in [0.05, 0.1) is 0 Å². The fourth-order valence-electron chi connectivity index (χ4n) is 4.68. The van der Waals surface area contributed by atoms with Crippen molar-refractivity contribution in [2.24, 2.45) is 0 Å². The molecule has 152 valence electrons. The Kier molecular flexibility index (Phi) is 5.59. The molecule has 2 aliphatic rings. The van der Waals surface area contributed by atoms with Crippen LogP contribution in [0, 0.1) is 13.8 Å². The molecule has 29 heavy (non-hydrogen) atoms. The normalized spacial score (nSPS) is 19.3. The minimum Gasteiger partial charge on any atom is -0.328 e. The average molecular weight is 408 g/mol. The van der Waals surface area contributed by atoms with Gasteiger partial charge in [0, 0.05) is 23.6 Å². The molecule has 1 aliphatic carbocycles. The molecular weight excluding hydrogens is 378 g/mol. The quantitative estimate of drug-likeness (QED) is 0.558. The lowest BCUT2D eigenvalue weighted by Gasteiger charge is -2.22. The maximum absolute atomic E-state index is 12.5. The molecule has 0 bridgehead atoms. The summed E-state index contributed by atoms with van der Waals surface area (Å²) in [6.07, 6.45) is 8.64. The number of carbonyl (C=O) groups is 1. The highest BCUT2D eigenvalue weighted by atomic mass is 32.1. The molecule has 1 amide bonds. The Bertz CT molecular complexity index is 965. The molecule has 1 saturated carbocycles. The minimum absolute atomic E-state index is 0.0564. The zero-order valence-corrected chi connectivity index (χ0v) is 18.3. The predicted octanol–water partition coefficient (Wildman–Crippen LogP) is 5.22. The minimum atomic E-state index is -0.0564. The van der Waals surface area contributed by atoms with Crippen LogP contribution in [0.3, 0.4) is 0 Å². The van der Waals surface area contributed by atoms with E-state index in [1.54, 1.807) is 4.90 Å². The first-order chi connectivity index (χ1) is 14.0. The van der Waals surface area contributed by atoms with Crippen LogP contribution < -0.4 is 5.32 Å². The lowest BCUT2D eigenvalue weighted by atomic mass is 9.84. The molecule has 1 N–H and O–H groups in total. The second-order valence-corrected chi connectivity index (χ2v) is 8.51. The summed E-state index contributed by atoms with van der Waals surface area (Å²) in [5.41, 5.74) is 6.49. The SMILES string of the molecule is CCN1C(=O)/C(=C/c2cc(C)n(-c3ccc(C4CCCCC4)cc3)c2C)NC1=S. The Morgan fingerprint density at radius 1 is 1.14 bits per heavy atom. The van der Waals surface area contributed by atoms with Crippen LogP contribution in [-0.4, -0.2) is 27.0 Å². The highest BCUT2D eigenvalue weighted by molar-refractivity contribution is 7.80. The Morgan fingerprint density at radius 2 is 1.83 bits per heavy atom. The maximum atomic E-state index is 12.5. The fraction of sp³-hybridized carbons (Fsp3) is 0.417. The van der Waals surface area contributed by atoms with Gasteiger partial charge in [-0.1, -0.05) is 31.4 Å². The van der Waals surface area contributed by atoms with Gasteiger partial charge in [0.25, 0.3) is 5.91 Å². The molecule has 2 heterocycles. The Morgan fingerprint density at radius 3 is 2.45 bits per heavy atom. The summed E-state index contributed by atoms with van der Waals surface area (Å²) in [4.78, 5) is 14.1. The molecule has 1 aromatic carbocycles. The first kappa shape index (κ1) is 19.9. The number of hydrogen-bond acceptors (Lipinski definition) is 2. The van der Waals surface area contributed by atoms with Crippen LogP contribution in [0.25, 0.3) is 11.8 Å². The van der Waals surface area contributed by atoms with Crippen molar-refractivity contribution in [1.29, 1.82) is 0 Å². The summed E-state index contributed by atoms with van der Waals surface area (Å²) in [5.74, 6) is 0.661. The van der Waals surface area contributed by atoms with Crippen LogP contribution >= 0.6 is 12.2 Å². The molecular formula is C24H29N3OS. The highest BCUT2D eigenvalue weighted by Crippen LogP contribution is 2.33. The number of nitrogens with zero attached hydrogens (tertiary/aromatic N) is 2. The van der Waals surface area contributed by atoms with Crippen LogP contribution in [0.2, 0.25) is 0 Å². The molecule has 1 aliphatic heterocycles. The van der Waals surface area contributed by atoms with Gasteiger partial charge in [-0.2, -0.15) is 0 Å². The Hall–Kier alpha value is -2.40. The van der Waals surface area contributed by atoms with Gasteiger partial charge in [-0.25, -0.2) is 0 Å². The van der Waals surface area contributed by atoms with E-state index < -0.39 is 0 Å². The van der Waals surface area contributed by atoms with Gasteiger partial charge in [-0.15, -0.1) is 0 Å². The second-order valence-electron chi connectivity index (χ2n) is 8.13. The van der Waals surface area contributed by atoms with Crippen molar-refractivity contribution >= 4 is 29.3 Å². The summed E-state index contributed by atoms with van der Waals surface area (Å²) in [5, 5.41) is 3.53.